The van der Waals surface area contributed by atoms with Crippen molar-refractivity contribution in [1.29, 1.82) is 0 Å². The van der Waals surface area contributed by atoms with Crippen LogP contribution in [0.2, 0.25) is 0 Å². The molecule has 1 rings (SSSR count). The molecule has 1 aliphatic heterocycles. The van der Waals surface area contributed by atoms with Crippen LogP contribution < -0.4 is 0 Å². The van der Waals surface area contributed by atoms with Crippen LogP contribution in [0.3, 0.4) is 0 Å². The highest BCUT2D eigenvalue weighted by molar-refractivity contribution is 8.46. The molecule has 1 aliphatic rings. The molecule has 0 aromatic carbocycles. The largest absolute Gasteiger partial charge is 0.377 e. The number of methoxy groups -OCH3 is 1. The van der Waals surface area contributed by atoms with Crippen molar-refractivity contribution in [2.45, 2.75) is 51.2 Å². The van der Waals surface area contributed by atoms with Crippen molar-refractivity contribution in [3.63, 3.8) is 0 Å². The third-order valence-electron chi connectivity index (χ3n) is 3.09. The number of hydrogen-bond donors (Lipinski definition) is 1. The zero-order valence-electron chi connectivity index (χ0n) is 12.2. The molecule has 0 aliphatic carbocycles. The van der Waals surface area contributed by atoms with Crippen LogP contribution in [0.5, 0.6) is 0 Å². The van der Waals surface area contributed by atoms with Crippen molar-refractivity contribution in [3.05, 3.63) is 0 Å². The van der Waals surface area contributed by atoms with Crippen molar-refractivity contribution in [3.8, 4) is 0 Å². The van der Waals surface area contributed by atoms with Gasteiger partial charge in [-0.15, -0.1) is 0 Å². The van der Waals surface area contributed by atoms with Gasteiger partial charge in [0.25, 0.3) is 6.57 Å². The Balaban J connectivity index is 2.75. The van der Waals surface area contributed by atoms with E-state index in [2.05, 4.69) is 12.2 Å². The molecule has 0 aromatic heterocycles. The maximum atomic E-state index is 12.1. The van der Waals surface area contributed by atoms with Gasteiger partial charge < -0.3 is 18.7 Å². The summed E-state index contributed by atoms with van der Waals surface area (Å²) in [4.78, 5) is 0. The molecule has 0 N–H and O–H groups in total. The molecule has 0 saturated carbocycles. The first-order valence-electron chi connectivity index (χ1n) is 6.60. The van der Waals surface area contributed by atoms with Crippen molar-refractivity contribution in [1.82, 2.24) is 0 Å². The second-order valence-electron chi connectivity index (χ2n) is 4.99. The van der Waals surface area contributed by atoms with E-state index in [-0.39, 0.29) is 24.3 Å². The fourth-order valence-electron chi connectivity index (χ4n) is 2.05. The first-order chi connectivity index (χ1) is 8.80. The van der Waals surface area contributed by atoms with Gasteiger partial charge in [0.2, 0.25) is 0 Å². The van der Waals surface area contributed by atoms with Gasteiger partial charge in [-0.2, -0.15) is 0 Å². The smallest absolute Gasteiger partial charge is 0.254 e. The highest BCUT2D eigenvalue weighted by atomic mass is 32.7. The molecule has 1 saturated heterocycles. The fourth-order valence-corrected chi connectivity index (χ4v) is 3.16. The summed E-state index contributed by atoms with van der Waals surface area (Å²) in [5.74, 6) is 0. The van der Waals surface area contributed by atoms with Crippen molar-refractivity contribution in [2.24, 2.45) is 0 Å². The Morgan fingerprint density at radius 2 is 2.05 bits per heavy atom. The molecule has 0 spiro atoms. The van der Waals surface area contributed by atoms with Crippen LogP contribution in [0.4, 0.5) is 0 Å². The molecule has 0 bridgehead atoms. The minimum absolute atomic E-state index is 0.107. The SMILES string of the molecule is B[C@@H]1O[C@H](COC(C)C)C(OP(=O)(S)CC)C1OC. The van der Waals surface area contributed by atoms with E-state index in [0.29, 0.717) is 12.8 Å². The lowest BCUT2D eigenvalue weighted by Gasteiger charge is -2.25. The molecule has 1 fully saturated rings. The Bertz CT molecular complexity index is 330. The lowest BCUT2D eigenvalue weighted by atomic mass is 9.93. The average molecular weight is 310 g/mol. The predicted molar refractivity (Wildman–Crippen MR) is 81.1 cm³/mol. The van der Waals surface area contributed by atoms with Crippen molar-refractivity contribution in [2.75, 3.05) is 19.9 Å². The van der Waals surface area contributed by atoms with Gasteiger partial charge in [0.15, 0.2) is 0 Å². The van der Waals surface area contributed by atoms with Crippen LogP contribution >= 0.6 is 18.8 Å². The second-order valence-corrected chi connectivity index (χ2v) is 8.93. The fraction of sp³-hybridized carbons (Fsp3) is 1.00. The van der Waals surface area contributed by atoms with Gasteiger partial charge in [-0.1, -0.05) is 19.2 Å². The Kier molecular flexibility index (Phi) is 6.90. The molecule has 5 atom stereocenters. The number of ether oxygens (including phenoxy) is 3. The first kappa shape index (κ1) is 17.5. The third kappa shape index (κ3) is 5.07. The van der Waals surface area contributed by atoms with Crippen LogP contribution in [0.25, 0.3) is 0 Å². The van der Waals surface area contributed by atoms with Gasteiger partial charge in [0, 0.05) is 13.3 Å². The van der Waals surface area contributed by atoms with Crippen molar-refractivity contribution >= 4 is 26.7 Å². The van der Waals surface area contributed by atoms with Gasteiger partial charge >= 0.3 is 0 Å². The standard InChI is InChI=1S/C11H24BO5PS/c1-5-18(13,19)17-9-8(6-15-7(2)3)16-11(12)10(9)14-4/h7-11H,5-6,12H2,1-4H3,(H,13,19)/t8-,9?,10?,11-,18?/m1/s1. The van der Waals surface area contributed by atoms with E-state index >= 15 is 0 Å². The van der Waals surface area contributed by atoms with Crippen LogP contribution in [0, 0.1) is 0 Å². The zero-order chi connectivity index (χ0) is 14.6. The molecular weight excluding hydrogens is 286 g/mol. The quantitative estimate of drug-likeness (QED) is 0.436. The molecule has 112 valence electrons. The Morgan fingerprint density at radius 3 is 2.53 bits per heavy atom. The second kappa shape index (κ2) is 7.48. The lowest BCUT2D eigenvalue weighted by Crippen LogP contribution is -2.38. The minimum Gasteiger partial charge on any atom is -0.377 e. The Hall–Kier alpha value is 0.485. The van der Waals surface area contributed by atoms with E-state index in [0.717, 1.165) is 0 Å². The van der Waals surface area contributed by atoms with Crippen LogP contribution in [-0.2, 0) is 23.3 Å². The van der Waals surface area contributed by atoms with E-state index in [1.54, 1.807) is 14.0 Å². The molecular formula is C11H24BO5PS. The van der Waals surface area contributed by atoms with E-state index in [1.165, 1.54) is 0 Å². The Labute approximate surface area is 121 Å². The maximum Gasteiger partial charge on any atom is 0.254 e. The Morgan fingerprint density at radius 1 is 1.42 bits per heavy atom. The zero-order valence-corrected chi connectivity index (χ0v) is 14.0. The number of hydrogen-bond acceptors (Lipinski definition) is 5. The highest BCUT2D eigenvalue weighted by Gasteiger charge is 2.45. The van der Waals surface area contributed by atoms with Gasteiger partial charge in [-0.05, 0) is 13.8 Å². The molecule has 0 radical (unpaired) electrons. The molecule has 19 heavy (non-hydrogen) atoms. The summed E-state index contributed by atoms with van der Waals surface area (Å²) in [6.45, 7) is 3.19. The highest BCUT2D eigenvalue weighted by Crippen LogP contribution is 2.54. The summed E-state index contributed by atoms with van der Waals surface area (Å²) < 4.78 is 34.5. The molecule has 5 nitrogen and oxygen atoms in total. The molecule has 0 aromatic rings. The van der Waals surface area contributed by atoms with E-state index < -0.39 is 12.7 Å². The molecule has 3 unspecified atom stereocenters. The molecule has 8 heteroatoms. The average Bonchev–Trinajstić information content (AvgIpc) is 2.62. The van der Waals surface area contributed by atoms with Gasteiger partial charge in [0.1, 0.15) is 26.2 Å². The summed E-state index contributed by atoms with van der Waals surface area (Å²) in [6, 6.07) is -0.124. The third-order valence-corrected chi connectivity index (χ3v) is 5.60. The topological polar surface area (TPSA) is 54.0 Å². The van der Waals surface area contributed by atoms with Crippen LogP contribution in [0.1, 0.15) is 20.8 Å². The van der Waals surface area contributed by atoms with Gasteiger partial charge in [-0.25, -0.2) is 0 Å². The van der Waals surface area contributed by atoms with E-state index in [4.69, 9.17) is 18.7 Å². The normalized spacial score (nSPS) is 34.6. The predicted octanol–water partition coefficient (Wildman–Crippen LogP) is 1.31. The summed E-state index contributed by atoms with van der Waals surface area (Å²) in [6.07, 6.45) is -0.478. The summed E-state index contributed by atoms with van der Waals surface area (Å²) in [5.41, 5.74) is 0. The lowest BCUT2D eigenvalue weighted by molar-refractivity contribution is -0.0420. The monoisotopic (exact) mass is 310 g/mol. The van der Waals surface area contributed by atoms with Crippen molar-refractivity contribution < 1.29 is 23.3 Å². The number of thiol groups is 1. The van der Waals surface area contributed by atoms with Crippen LogP contribution in [-0.4, -0.2) is 58.1 Å². The summed E-state index contributed by atoms with van der Waals surface area (Å²) in [7, 11) is 3.51. The maximum absolute atomic E-state index is 12.1. The summed E-state index contributed by atoms with van der Waals surface area (Å²) >= 11 is 4.10. The molecule has 1 heterocycles. The van der Waals surface area contributed by atoms with Gasteiger partial charge in [0.05, 0.1) is 18.7 Å². The van der Waals surface area contributed by atoms with Crippen LogP contribution in [0.15, 0.2) is 0 Å². The van der Waals surface area contributed by atoms with Gasteiger partial charge in [-0.3, -0.25) is 4.57 Å². The van der Waals surface area contributed by atoms with E-state index in [9.17, 15) is 4.57 Å². The first-order valence-corrected chi connectivity index (χ1v) is 9.57. The number of rotatable bonds is 7. The molecule has 0 amide bonds. The minimum atomic E-state index is -2.91. The summed E-state index contributed by atoms with van der Waals surface area (Å²) in [5, 5.41) is 0. The van der Waals surface area contributed by atoms with E-state index in [1.807, 2.05) is 21.7 Å².